The molecule has 0 aliphatic carbocycles. The molecule has 0 unspecified atom stereocenters. The summed E-state index contributed by atoms with van der Waals surface area (Å²) in [5, 5.41) is 8.08. The molecule has 7 nitrogen and oxygen atoms in total. The molecule has 20 heavy (non-hydrogen) atoms. The van der Waals surface area contributed by atoms with Gasteiger partial charge >= 0.3 is 0 Å². The van der Waals surface area contributed by atoms with Gasteiger partial charge in [0.2, 0.25) is 11.8 Å². The Morgan fingerprint density at radius 1 is 1.45 bits per heavy atom. The highest BCUT2D eigenvalue weighted by molar-refractivity contribution is 5.77. The van der Waals surface area contributed by atoms with E-state index in [1.165, 1.54) is 7.11 Å². The smallest absolute Gasteiger partial charge is 0.248 e. The number of carbonyl (C=O) groups is 1. The van der Waals surface area contributed by atoms with E-state index >= 15 is 0 Å². The number of nitrogens with zero attached hydrogens (tertiary/aromatic N) is 4. The third-order valence-corrected chi connectivity index (χ3v) is 3.14. The van der Waals surface area contributed by atoms with Crippen molar-refractivity contribution in [3.63, 3.8) is 0 Å². The molecule has 1 amide bonds. The van der Waals surface area contributed by atoms with E-state index in [2.05, 4.69) is 10.2 Å². The molecule has 110 valence electrons. The SMILES string of the molecule is COCC(=O)N1CC[C@H](Oc2ccc(N(C)C)nn2)C1. The van der Waals surface area contributed by atoms with Crippen molar-refractivity contribution >= 4 is 11.7 Å². The lowest BCUT2D eigenvalue weighted by molar-refractivity contribution is -0.134. The van der Waals surface area contributed by atoms with Gasteiger partial charge in [-0.05, 0) is 6.07 Å². The lowest BCUT2D eigenvalue weighted by Gasteiger charge is -2.16. The van der Waals surface area contributed by atoms with Gasteiger partial charge in [0.15, 0.2) is 5.82 Å². The predicted octanol–water partition coefficient (Wildman–Crippen LogP) is 0.169. The fraction of sp³-hybridized carbons (Fsp3) is 0.615. The van der Waals surface area contributed by atoms with Crippen LogP contribution < -0.4 is 9.64 Å². The van der Waals surface area contributed by atoms with Crippen LogP contribution in [0.4, 0.5) is 5.82 Å². The number of carbonyl (C=O) groups excluding carboxylic acids is 1. The van der Waals surface area contributed by atoms with Crippen molar-refractivity contribution in [3.8, 4) is 5.88 Å². The minimum absolute atomic E-state index is 0.00681. The van der Waals surface area contributed by atoms with Crippen LogP contribution in [0.1, 0.15) is 6.42 Å². The number of aromatic nitrogens is 2. The molecule has 0 bridgehead atoms. The zero-order chi connectivity index (χ0) is 14.5. The average Bonchev–Trinajstić information content (AvgIpc) is 2.88. The molecule has 7 heteroatoms. The number of rotatable bonds is 5. The molecule has 2 heterocycles. The van der Waals surface area contributed by atoms with E-state index in [-0.39, 0.29) is 18.6 Å². The summed E-state index contributed by atoms with van der Waals surface area (Å²) < 4.78 is 10.6. The summed E-state index contributed by atoms with van der Waals surface area (Å²) in [6, 6.07) is 3.65. The van der Waals surface area contributed by atoms with E-state index < -0.39 is 0 Å². The standard InChI is InChI=1S/C13H20N4O3/c1-16(2)11-4-5-12(15-14-11)20-10-6-7-17(8-10)13(18)9-19-3/h4-5,10H,6-9H2,1-3H3/t10-/m0/s1. The molecule has 1 aromatic rings. The first-order valence-electron chi connectivity index (χ1n) is 6.54. The summed E-state index contributed by atoms with van der Waals surface area (Å²) in [6.45, 7) is 1.37. The van der Waals surface area contributed by atoms with Gasteiger partial charge in [0, 0.05) is 40.2 Å². The van der Waals surface area contributed by atoms with Crippen LogP contribution in [0, 0.1) is 0 Å². The maximum atomic E-state index is 11.7. The predicted molar refractivity (Wildman–Crippen MR) is 73.8 cm³/mol. The minimum atomic E-state index is -0.0321. The molecule has 1 saturated heterocycles. The number of ether oxygens (including phenoxy) is 2. The zero-order valence-corrected chi connectivity index (χ0v) is 12.1. The second-order valence-corrected chi connectivity index (χ2v) is 4.93. The van der Waals surface area contributed by atoms with E-state index in [0.29, 0.717) is 19.0 Å². The lowest BCUT2D eigenvalue weighted by Crippen LogP contribution is -2.33. The van der Waals surface area contributed by atoms with Crippen LogP contribution in [0.5, 0.6) is 5.88 Å². The molecule has 0 spiro atoms. The van der Waals surface area contributed by atoms with Crippen molar-refractivity contribution in [2.24, 2.45) is 0 Å². The van der Waals surface area contributed by atoms with Gasteiger partial charge in [0.1, 0.15) is 12.7 Å². The maximum Gasteiger partial charge on any atom is 0.248 e. The first-order valence-corrected chi connectivity index (χ1v) is 6.54. The Kier molecular flexibility index (Phi) is 4.73. The molecule has 2 rings (SSSR count). The molecule has 1 aliphatic rings. The van der Waals surface area contributed by atoms with Crippen molar-refractivity contribution in [1.82, 2.24) is 15.1 Å². The van der Waals surface area contributed by atoms with Gasteiger partial charge in [-0.1, -0.05) is 0 Å². The molecule has 1 aromatic heterocycles. The Hall–Kier alpha value is -1.89. The summed E-state index contributed by atoms with van der Waals surface area (Å²) in [4.78, 5) is 15.3. The fourth-order valence-corrected chi connectivity index (χ4v) is 2.05. The highest BCUT2D eigenvalue weighted by atomic mass is 16.5. The molecular formula is C13H20N4O3. The van der Waals surface area contributed by atoms with E-state index in [4.69, 9.17) is 9.47 Å². The Bertz CT molecular complexity index is 449. The number of amides is 1. The Morgan fingerprint density at radius 3 is 2.85 bits per heavy atom. The van der Waals surface area contributed by atoms with E-state index in [1.54, 1.807) is 11.0 Å². The number of methoxy groups -OCH3 is 1. The Balaban J connectivity index is 1.87. The summed E-state index contributed by atoms with van der Waals surface area (Å²) in [7, 11) is 5.32. The number of likely N-dealkylation sites (tertiary alicyclic amines) is 1. The molecule has 0 N–H and O–H groups in total. The van der Waals surface area contributed by atoms with Crippen LogP contribution in [-0.2, 0) is 9.53 Å². The summed E-state index contributed by atoms with van der Waals surface area (Å²) in [5.74, 6) is 1.26. The van der Waals surface area contributed by atoms with Crippen molar-refractivity contribution in [1.29, 1.82) is 0 Å². The van der Waals surface area contributed by atoms with Crippen molar-refractivity contribution in [3.05, 3.63) is 12.1 Å². The van der Waals surface area contributed by atoms with Gasteiger partial charge in [-0.25, -0.2) is 0 Å². The van der Waals surface area contributed by atoms with Gasteiger partial charge in [0.25, 0.3) is 0 Å². The first kappa shape index (κ1) is 14.5. The molecule has 1 fully saturated rings. The summed E-state index contributed by atoms with van der Waals surface area (Å²) >= 11 is 0. The van der Waals surface area contributed by atoms with E-state index in [1.807, 2.05) is 25.1 Å². The topological polar surface area (TPSA) is 67.8 Å². The second kappa shape index (κ2) is 6.51. The summed E-state index contributed by atoms with van der Waals surface area (Å²) in [6.07, 6.45) is 0.766. The molecule has 1 aliphatic heterocycles. The maximum absolute atomic E-state index is 11.7. The molecule has 1 atom stereocenters. The molecule has 0 radical (unpaired) electrons. The van der Waals surface area contributed by atoms with E-state index in [9.17, 15) is 4.79 Å². The van der Waals surface area contributed by atoms with Crippen LogP contribution >= 0.6 is 0 Å². The van der Waals surface area contributed by atoms with Crippen LogP contribution in [0.2, 0.25) is 0 Å². The monoisotopic (exact) mass is 280 g/mol. The molecule has 0 aromatic carbocycles. The van der Waals surface area contributed by atoms with Crippen molar-refractivity contribution in [2.45, 2.75) is 12.5 Å². The largest absolute Gasteiger partial charge is 0.471 e. The average molecular weight is 280 g/mol. The Morgan fingerprint density at radius 2 is 2.25 bits per heavy atom. The molecular weight excluding hydrogens is 260 g/mol. The third kappa shape index (κ3) is 3.57. The van der Waals surface area contributed by atoms with Gasteiger partial charge < -0.3 is 19.3 Å². The quantitative estimate of drug-likeness (QED) is 0.766. The van der Waals surface area contributed by atoms with Crippen molar-refractivity contribution in [2.75, 3.05) is 45.8 Å². The fourth-order valence-electron chi connectivity index (χ4n) is 2.05. The second-order valence-electron chi connectivity index (χ2n) is 4.93. The first-order chi connectivity index (χ1) is 9.60. The summed E-state index contributed by atoms with van der Waals surface area (Å²) in [5.41, 5.74) is 0. The normalized spacial score (nSPS) is 18.1. The Labute approximate surface area is 118 Å². The molecule has 0 saturated carbocycles. The zero-order valence-electron chi connectivity index (χ0n) is 12.1. The van der Waals surface area contributed by atoms with Crippen LogP contribution in [-0.4, -0.2) is 68.0 Å². The number of hydrogen-bond donors (Lipinski definition) is 0. The highest BCUT2D eigenvalue weighted by Gasteiger charge is 2.27. The van der Waals surface area contributed by atoms with E-state index in [0.717, 1.165) is 12.2 Å². The van der Waals surface area contributed by atoms with Gasteiger partial charge in [0.05, 0.1) is 6.54 Å². The number of anilines is 1. The van der Waals surface area contributed by atoms with Crippen LogP contribution in [0.3, 0.4) is 0 Å². The van der Waals surface area contributed by atoms with Crippen molar-refractivity contribution < 1.29 is 14.3 Å². The van der Waals surface area contributed by atoms with Gasteiger partial charge in [-0.3, -0.25) is 4.79 Å². The van der Waals surface area contributed by atoms with Crippen LogP contribution in [0.15, 0.2) is 12.1 Å². The minimum Gasteiger partial charge on any atom is -0.471 e. The van der Waals surface area contributed by atoms with Crippen LogP contribution in [0.25, 0.3) is 0 Å². The third-order valence-electron chi connectivity index (χ3n) is 3.14. The van der Waals surface area contributed by atoms with Gasteiger partial charge in [-0.2, -0.15) is 0 Å². The van der Waals surface area contributed by atoms with Gasteiger partial charge in [-0.15, -0.1) is 10.2 Å². The lowest BCUT2D eigenvalue weighted by atomic mass is 10.3. The number of hydrogen-bond acceptors (Lipinski definition) is 6. The highest BCUT2D eigenvalue weighted by Crippen LogP contribution is 2.17.